The number of hydrogen-bond donors (Lipinski definition) is 1. The summed E-state index contributed by atoms with van der Waals surface area (Å²) in [4.78, 5) is 42.7. The van der Waals surface area contributed by atoms with E-state index in [1.807, 2.05) is 55.5 Å². The molecular weight excluding hydrogens is 609 g/mol. The fourth-order valence-electron chi connectivity index (χ4n) is 7.46. The SMILES string of the molecule is Cc1ccc(N2CCC[C@H](N(Cc3ccnc(C)c3)Cc3cn(C4CC4)c4cc(N5CC[C@@H](N(C)C(=O)O)C5)c(F)cc4c3=O)C2)cn1. The molecule has 2 aliphatic heterocycles. The van der Waals surface area contributed by atoms with E-state index in [0.717, 1.165) is 66.9 Å². The Morgan fingerprint density at radius 2 is 1.77 bits per heavy atom. The smallest absolute Gasteiger partial charge is 0.407 e. The molecule has 4 aromatic rings. The van der Waals surface area contributed by atoms with E-state index in [0.29, 0.717) is 49.2 Å². The van der Waals surface area contributed by atoms with Gasteiger partial charge in [0.05, 0.1) is 29.1 Å². The van der Waals surface area contributed by atoms with Crippen molar-refractivity contribution >= 4 is 28.4 Å². The molecule has 1 aliphatic carbocycles. The lowest BCUT2D eigenvalue weighted by molar-refractivity contribution is 0.142. The number of amides is 1. The second-order valence-corrected chi connectivity index (χ2v) is 13.8. The number of benzene rings is 1. The molecule has 0 spiro atoms. The van der Waals surface area contributed by atoms with Gasteiger partial charge in [0.2, 0.25) is 0 Å². The van der Waals surface area contributed by atoms with Gasteiger partial charge in [0, 0.05) is 93.1 Å². The molecule has 2 atom stereocenters. The van der Waals surface area contributed by atoms with Crippen LogP contribution in [0.5, 0.6) is 0 Å². The maximum absolute atomic E-state index is 15.9. The second kappa shape index (κ2) is 13.2. The predicted molar refractivity (Wildman–Crippen MR) is 185 cm³/mol. The van der Waals surface area contributed by atoms with Crippen LogP contribution < -0.4 is 15.2 Å². The number of rotatable bonds is 9. The highest BCUT2D eigenvalue weighted by molar-refractivity contribution is 5.84. The van der Waals surface area contributed by atoms with Crippen LogP contribution in [-0.4, -0.2) is 80.8 Å². The molecule has 2 saturated heterocycles. The minimum atomic E-state index is -0.989. The number of aryl methyl sites for hydroxylation is 2. The summed E-state index contributed by atoms with van der Waals surface area (Å²) in [5.74, 6) is -0.448. The van der Waals surface area contributed by atoms with Gasteiger partial charge in [0.25, 0.3) is 0 Å². The summed E-state index contributed by atoms with van der Waals surface area (Å²) in [6.45, 7) is 7.86. The maximum atomic E-state index is 15.9. The number of halogens is 1. The molecule has 0 bridgehead atoms. The Morgan fingerprint density at radius 1 is 0.958 bits per heavy atom. The average Bonchev–Trinajstić information content (AvgIpc) is 3.81. The highest BCUT2D eigenvalue weighted by Gasteiger charge is 2.32. The van der Waals surface area contributed by atoms with Gasteiger partial charge < -0.3 is 24.4 Å². The van der Waals surface area contributed by atoms with E-state index in [2.05, 4.69) is 36.5 Å². The van der Waals surface area contributed by atoms with Gasteiger partial charge in [0.1, 0.15) is 5.82 Å². The van der Waals surface area contributed by atoms with Crippen molar-refractivity contribution in [2.45, 2.75) is 77.2 Å². The van der Waals surface area contributed by atoms with Gasteiger partial charge >= 0.3 is 6.09 Å². The quantitative estimate of drug-likeness (QED) is 0.244. The van der Waals surface area contributed by atoms with Crippen molar-refractivity contribution in [2.24, 2.45) is 0 Å². The minimum absolute atomic E-state index is 0.136. The van der Waals surface area contributed by atoms with Gasteiger partial charge in [-0.05, 0) is 87.9 Å². The summed E-state index contributed by atoms with van der Waals surface area (Å²) in [7, 11) is 1.56. The van der Waals surface area contributed by atoms with Crippen LogP contribution in [0, 0.1) is 19.7 Å². The Labute approximate surface area is 280 Å². The number of pyridine rings is 3. The lowest BCUT2D eigenvalue weighted by Crippen LogP contribution is -2.48. The zero-order valence-corrected chi connectivity index (χ0v) is 28.0. The Balaban J connectivity index is 1.22. The van der Waals surface area contributed by atoms with Crippen LogP contribution in [0.4, 0.5) is 20.6 Å². The standard InChI is InChI=1S/C37H44FN7O3/c1-24-6-7-29(18-40-24)42-13-4-5-31(23-42)44(19-26-10-12-39-25(2)15-26)20-27-21-45(28-8-9-28)34-17-35(33(38)16-32(34)36(27)46)43-14-11-30(22-43)41(3)37(47)48/h6-7,10,12,15-18,21,28,30-31H,4-5,8-9,11,13-14,19-20,22-23H2,1-3H3,(H,47,48)/t30-,31+/m1/s1. The summed E-state index contributed by atoms with van der Waals surface area (Å²) in [6, 6.07) is 11.8. The molecule has 1 saturated carbocycles. The van der Waals surface area contributed by atoms with Crippen LogP contribution in [0.2, 0.25) is 0 Å². The van der Waals surface area contributed by atoms with Gasteiger partial charge in [-0.3, -0.25) is 19.7 Å². The molecule has 1 N–H and O–H groups in total. The summed E-state index contributed by atoms with van der Waals surface area (Å²) >= 11 is 0. The van der Waals surface area contributed by atoms with Gasteiger partial charge in [-0.1, -0.05) is 0 Å². The van der Waals surface area contributed by atoms with Crippen molar-refractivity contribution in [3.63, 3.8) is 0 Å². The molecule has 1 aromatic carbocycles. The van der Waals surface area contributed by atoms with Crippen molar-refractivity contribution in [3.05, 3.63) is 93.5 Å². The largest absolute Gasteiger partial charge is 0.465 e. The van der Waals surface area contributed by atoms with Gasteiger partial charge in [-0.25, -0.2) is 9.18 Å². The zero-order valence-electron chi connectivity index (χ0n) is 28.0. The average molecular weight is 654 g/mol. The summed E-state index contributed by atoms with van der Waals surface area (Å²) < 4.78 is 18.1. The number of carboxylic acid groups (broad SMARTS) is 1. The lowest BCUT2D eigenvalue weighted by atomic mass is 10.0. The van der Waals surface area contributed by atoms with Gasteiger partial charge in [-0.2, -0.15) is 0 Å². The number of hydrogen-bond acceptors (Lipinski definition) is 7. The van der Waals surface area contributed by atoms with Crippen molar-refractivity contribution < 1.29 is 14.3 Å². The molecule has 5 heterocycles. The maximum Gasteiger partial charge on any atom is 0.407 e. The number of aromatic nitrogens is 3. The van der Waals surface area contributed by atoms with E-state index < -0.39 is 11.9 Å². The normalized spacial score (nSPS) is 19.8. The van der Waals surface area contributed by atoms with Gasteiger partial charge in [0.15, 0.2) is 5.43 Å². The van der Waals surface area contributed by atoms with Crippen molar-refractivity contribution in [1.82, 2.24) is 24.3 Å². The number of nitrogens with zero attached hydrogens (tertiary/aromatic N) is 7. The Kier molecular flexibility index (Phi) is 8.80. The number of likely N-dealkylation sites (N-methyl/N-ethyl adjacent to an activating group) is 1. The molecule has 7 rings (SSSR count). The summed E-state index contributed by atoms with van der Waals surface area (Å²) in [6.07, 6.45) is 9.51. The molecule has 0 unspecified atom stereocenters. The number of piperidine rings is 1. The Bertz CT molecular complexity index is 1880. The van der Waals surface area contributed by atoms with Crippen LogP contribution in [-0.2, 0) is 13.1 Å². The fourth-order valence-corrected chi connectivity index (χ4v) is 7.46. The molecule has 0 radical (unpaired) electrons. The summed E-state index contributed by atoms with van der Waals surface area (Å²) in [5.41, 5.74) is 5.90. The summed E-state index contributed by atoms with van der Waals surface area (Å²) in [5, 5.41) is 9.85. The van der Waals surface area contributed by atoms with E-state index in [4.69, 9.17) is 0 Å². The first-order valence-electron chi connectivity index (χ1n) is 17.1. The number of carbonyl (C=O) groups is 1. The third kappa shape index (κ3) is 6.60. The van der Waals surface area contributed by atoms with Crippen LogP contribution in [0.3, 0.4) is 0 Å². The van der Waals surface area contributed by atoms with Crippen LogP contribution >= 0.6 is 0 Å². The number of fused-ring (bicyclic) bond motifs is 1. The monoisotopic (exact) mass is 653 g/mol. The topological polar surface area (TPSA) is 98.0 Å². The van der Waals surface area contributed by atoms with E-state index in [1.54, 1.807) is 7.05 Å². The van der Waals surface area contributed by atoms with Crippen molar-refractivity contribution in [1.29, 1.82) is 0 Å². The predicted octanol–water partition coefficient (Wildman–Crippen LogP) is 5.74. The van der Waals surface area contributed by atoms with Crippen LogP contribution in [0.15, 0.2) is 59.8 Å². The molecule has 252 valence electrons. The molecule has 3 aliphatic rings. The molecule has 10 nitrogen and oxygen atoms in total. The van der Waals surface area contributed by atoms with E-state index in [-0.39, 0.29) is 23.6 Å². The zero-order chi connectivity index (χ0) is 33.5. The minimum Gasteiger partial charge on any atom is -0.465 e. The molecule has 1 amide bonds. The van der Waals surface area contributed by atoms with Crippen molar-refractivity contribution in [3.8, 4) is 0 Å². The van der Waals surface area contributed by atoms with Gasteiger partial charge in [-0.15, -0.1) is 0 Å². The molecule has 11 heteroatoms. The third-order valence-corrected chi connectivity index (χ3v) is 10.4. The number of anilines is 2. The molecule has 3 fully saturated rings. The first kappa shape index (κ1) is 32.1. The highest BCUT2D eigenvalue weighted by Crippen LogP contribution is 2.39. The molecular formula is C37H44FN7O3. The first-order valence-corrected chi connectivity index (χ1v) is 17.1. The van der Waals surface area contributed by atoms with E-state index >= 15 is 4.39 Å². The Hall–Kier alpha value is -4.51. The van der Waals surface area contributed by atoms with Crippen molar-refractivity contribution in [2.75, 3.05) is 43.0 Å². The van der Waals surface area contributed by atoms with E-state index in [9.17, 15) is 14.7 Å². The fraction of sp³-hybridized carbons (Fsp3) is 0.459. The molecule has 48 heavy (non-hydrogen) atoms. The van der Waals surface area contributed by atoms with Crippen LogP contribution in [0.25, 0.3) is 10.9 Å². The third-order valence-electron chi connectivity index (χ3n) is 10.4. The lowest BCUT2D eigenvalue weighted by Gasteiger charge is -2.40. The first-order chi connectivity index (χ1) is 23.1. The van der Waals surface area contributed by atoms with Crippen LogP contribution in [0.1, 0.15) is 60.7 Å². The Morgan fingerprint density at radius 3 is 2.50 bits per heavy atom. The highest BCUT2D eigenvalue weighted by atomic mass is 19.1. The second-order valence-electron chi connectivity index (χ2n) is 13.8. The van der Waals surface area contributed by atoms with E-state index in [1.165, 1.54) is 11.0 Å². The molecule has 3 aromatic heterocycles.